The Balaban J connectivity index is 1.36. The highest BCUT2D eigenvalue weighted by molar-refractivity contribution is 5.77. The second-order valence-electron chi connectivity index (χ2n) is 10.6. The van der Waals surface area contributed by atoms with Crippen molar-refractivity contribution in [2.75, 3.05) is 43.4 Å². The number of hydrogen-bond donors (Lipinski definition) is 2. The Kier molecular flexibility index (Phi) is 6.33. The van der Waals surface area contributed by atoms with Crippen LogP contribution in [0.5, 0.6) is 0 Å². The summed E-state index contributed by atoms with van der Waals surface area (Å²) >= 11 is 0. The summed E-state index contributed by atoms with van der Waals surface area (Å²) in [5.41, 5.74) is 2.71. The van der Waals surface area contributed by atoms with Crippen LogP contribution in [0.3, 0.4) is 0 Å². The van der Waals surface area contributed by atoms with Gasteiger partial charge >= 0.3 is 0 Å². The molecule has 4 heterocycles. The van der Waals surface area contributed by atoms with E-state index >= 15 is 0 Å². The van der Waals surface area contributed by atoms with E-state index in [2.05, 4.69) is 45.2 Å². The number of piperazine rings is 1. The minimum atomic E-state index is -1.04. The minimum absolute atomic E-state index is 0.0425. The fourth-order valence-corrected chi connectivity index (χ4v) is 5.51. The molecule has 1 fully saturated rings. The maximum atomic E-state index is 13.3. The van der Waals surface area contributed by atoms with Crippen molar-refractivity contribution in [3.8, 4) is 18.2 Å². The van der Waals surface area contributed by atoms with Gasteiger partial charge in [-0.3, -0.25) is 4.79 Å². The summed E-state index contributed by atoms with van der Waals surface area (Å²) in [6.45, 7) is 5.92. The number of aromatic nitrogens is 5. The first-order chi connectivity index (χ1) is 18.8. The van der Waals surface area contributed by atoms with Crippen molar-refractivity contribution in [2.24, 2.45) is 0 Å². The third-order valence-corrected chi connectivity index (χ3v) is 7.71. The van der Waals surface area contributed by atoms with E-state index in [0.717, 1.165) is 50.3 Å². The van der Waals surface area contributed by atoms with Crippen LogP contribution in [0, 0.1) is 12.3 Å². The van der Waals surface area contributed by atoms with Gasteiger partial charge in [-0.05, 0) is 69.1 Å². The lowest BCUT2D eigenvalue weighted by molar-refractivity contribution is 0.0339. The van der Waals surface area contributed by atoms with Gasteiger partial charge in [-0.2, -0.15) is 4.98 Å². The van der Waals surface area contributed by atoms with E-state index in [-0.39, 0.29) is 12.1 Å². The SMILES string of the molecule is C#CCn1c(=O)c2cnc(Nc3ccc(N4CCN(C)CC4)cc3)nc2n1-c1ccc2c(n1)[C@](C)(O)CCC2. The van der Waals surface area contributed by atoms with E-state index < -0.39 is 5.60 Å². The predicted octanol–water partition coefficient (Wildman–Crippen LogP) is 2.65. The topological polar surface area (TPSA) is 104 Å². The number of nitrogens with one attached hydrogen (secondary N) is 1. The van der Waals surface area contributed by atoms with Crippen molar-refractivity contribution in [3.63, 3.8) is 0 Å². The Morgan fingerprint density at radius 1 is 1.10 bits per heavy atom. The Bertz CT molecular complexity index is 1620. The lowest BCUT2D eigenvalue weighted by Gasteiger charge is -2.34. The van der Waals surface area contributed by atoms with E-state index in [4.69, 9.17) is 16.4 Å². The summed E-state index contributed by atoms with van der Waals surface area (Å²) in [4.78, 5) is 31.9. The number of terminal acetylenes is 1. The zero-order chi connectivity index (χ0) is 27.1. The van der Waals surface area contributed by atoms with Gasteiger partial charge in [0, 0.05) is 43.8 Å². The molecule has 0 spiro atoms. The Hall–Kier alpha value is -4.20. The van der Waals surface area contributed by atoms with Gasteiger partial charge in [-0.1, -0.05) is 12.0 Å². The van der Waals surface area contributed by atoms with E-state index in [0.29, 0.717) is 34.9 Å². The molecule has 3 aromatic heterocycles. The van der Waals surface area contributed by atoms with Crippen LogP contribution in [0.4, 0.5) is 17.3 Å². The quantitative estimate of drug-likeness (QED) is 0.384. The lowest BCUT2D eigenvalue weighted by atomic mass is 9.84. The summed E-state index contributed by atoms with van der Waals surface area (Å²) in [7, 11) is 2.15. The summed E-state index contributed by atoms with van der Waals surface area (Å²) < 4.78 is 3.06. The van der Waals surface area contributed by atoms with Gasteiger partial charge in [0.1, 0.15) is 17.5 Å². The number of rotatable bonds is 5. The molecule has 0 bridgehead atoms. The van der Waals surface area contributed by atoms with Gasteiger partial charge in [0.05, 0.1) is 5.69 Å². The molecule has 0 unspecified atom stereocenters. The molecule has 200 valence electrons. The normalized spacial score (nSPS) is 19.6. The van der Waals surface area contributed by atoms with E-state index in [1.165, 1.54) is 16.6 Å². The molecule has 1 aliphatic carbocycles. The summed E-state index contributed by atoms with van der Waals surface area (Å²) in [6, 6.07) is 12.0. The first-order valence-electron chi connectivity index (χ1n) is 13.3. The fourth-order valence-electron chi connectivity index (χ4n) is 5.51. The first kappa shape index (κ1) is 25.1. The molecule has 1 aliphatic heterocycles. The van der Waals surface area contributed by atoms with Crippen molar-refractivity contribution in [1.82, 2.24) is 29.2 Å². The maximum absolute atomic E-state index is 13.3. The molecule has 39 heavy (non-hydrogen) atoms. The summed E-state index contributed by atoms with van der Waals surface area (Å²) in [5.74, 6) is 3.38. The molecule has 1 saturated heterocycles. The van der Waals surface area contributed by atoms with Gasteiger partial charge in [0.25, 0.3) is 5.56 Å². The maximum Gasteiger partial charge on any atom is 0.279 e. The number of anilines is 3. The zero-order valence-electron chi connectivity index (χ0n) is 22.3. The van der Waals surface area contributed by atoms with E-state index in [1.54, 1.807) is 11.6 Å². The average Bonchev–Trinajstić information content (AvgIpc) is 3.20. The van der Waals surface area contributed by atoms with Crippen LogP contribution in [-0.4, -0.2) is 67.5 Å². The molecule has 1 atom stereocenters. The Labute approximate surface area is 226 Å². The van der Waals surface area contributed by atoms with Crippen LogP contribution in [0.15, 0.2) is 47.4 Å². The highest BCUT2D eigenvalue weighted by Gasteiger charge is 2.32. The number of benzene rings is 1. The molecular weight excluding hydrogens is 492 g/mol. The molecule has 2 aliphatic rings. The molecule has 0 amide bonds. The van der Waals surface area contributed by atoms with Crippen molar-refractivity contribution >= 4 is 28.4 Å². The largest absolute Gasteiger partial charge is 0.384 e. The number of aliphatic hydroxyl groups is 1. The van der Waals surface area contributed by atoms with Crippen molar-refractivity contribution < 1.29 is 5.11 Å². The van der Waals surface area contributed by atoms with E-state index in [1.807, 2.05) is 24.3 Å². The molecule has 0 radical (unpaired) electrons. The molecule has 4 aromatic rings. The molecule has 2 N–H and O–H groups in total. The van der Waals surface area contributed by atoms with Crippen LogP contribution in [0.2, 0.25) is 0 Å². The van der Waals surface area contributed by atoms with Crippen molar-refractivity contribution in [3.05, 3.63) is 64.2 Å². The monoisotopic (exact) mass is 524 g/mol. The average molecular weight is 525 g/mol. The first-order valence-corrected chi connectivity index (χ1v) is 13.3. The molecule has 6 rings (SSSR count). The molecular formula is C29H32N8O2. The van der Waals surface area contributed by atoms with Gasteiger partial charge in [-0.25, -0.2) is 19.3 Å². The van der Waals surface area contributed by atoms with Crippen molar-refractivity contribution in [2.45, 2.75) is 38.3 Å². The highest BCUT2D eigenvalue weighted by atomic mass is 16.3. The number of hydrogen-bond acceptors (Lipinski definition) is 8. The van der Waals surface area contributed by atoms with E-state index in [9.17, 15) is 9.90 Å². The van der Waals surface area contributed by atoms with Crippen molar-refractivity contribution in [1.29, 1.82) is 0 Å². The zero-order valence-corrected chi connectivity index (χ0v) is 22.3. The van der Waals surface area contributed by atoms with Crippen LogP contribution < -0.4 is 15.8 Å². The number of likely N-dealkylation sites (N-methyl/N-ethyl adjacent to an activating group) is 1. The van der Waals surface area contributed by atoms with Gasteiger partial charge in [0.15, 0.2) is 11.5 Å². The van der Waals surface area contributed by atoms with Crippen LogP contribution in [-0.2, 0) is 18.6 Å². The third-order valence-electron chi connectivity index (χ3n) is 7.71. The fraction of sp³-hybridized carbons (Fsp3) is 0.379. The smallest absolute Gasteiger partial charge is 0.279 e. The second-order valence-corrected chi connectivity index (χ2v) is 10.6. The summed E-state index contributed by atoms with van der Waals surface area (Å²) in [6.07, 6.45) is 9.52. The van der Waals surface area contributed by atoms with Crippen LogP contribution in [0.25, 0.3) is 16.9 Å². The number of nitrogens with zero attached hydrogens (tertiary/aromatic N) is 7. The summed E-state index contributed by atoms with van der Waals surface area (Å²) in [5, 5.41) is 14.6. The third kappa shape index (κ3) is 4.64. The predicted molar refractivity (Wildman–Crippen MR) is 152 cm³/mol. The number of pyridine rings is 1. The minimum Gasteiger partial charge on any atom is -0.384 e. The van der Waals surface area contributed by atoms with Crippen LogP contribution >= 0.6 is 0 Å². The lowest BCUT2D eigenvalue weighted by Crippen LogP contribution is -2.44. The molecule has 10 heteroatoms. The van der Waals surface area contributed by atoms with Gasteiger partial charge < -0.3 is 20.2 Å². The highest BCUT2D eigenvalue weighted by Crippen LogP contribution is 2.34. The molecule has 10 nitrogen and oxygen atoms in total. The molecule has 1 aromatic carbocycles. The Morgan fingerprint density at radius 3 is 2.62 bits per heavy atom. The van der Waals surface area contributed by atoms with Gasteiger partial charge in [-0.15, -0.1) is 6.42 Å². The second kappa shape index (κ2) is 9.84. The molecule has 0 saturated carbocycles. The Morgan fingerprint density at radius 2 is 1.87 bits per heavy atom. The number of fused-ring (bicyclic) bond motifs is 2. The standard InChI is InChI=1S/C29H32N8O2/c1-4-14-36-27(38)23-19-30-28(31-21-8-10-22(11-9-21)35-17-15-34(3)16-18-35)33-26(23)37(36)24-12-7-20-6-5-13-29(2,39)25(20)32-24/h1,7-12,19,39H,5-6,13-18H2,2-3H3,(H,30,31,33)/t29-/m1/s1. The number of aryl methyl sites for hydroxylation is 1. The van der Waals surface area contributed by atoms with Gasteiger partial charge in [0.2, 0.25) is 5.95 Å². The van der Waals surface area contributed by atoms with Crippen LogP contribution in [0.1, 0.15) is 31.0 Å².